The highest BCUT2D eigenvalue weighted by Crippen LogP contribution is 2.28. The molecule has 0 bridgehead atoms. The van der Waals surface area contributed by atoms with E-state index in [9.17, 15) is 4.79 Å². The van der Waals surface area contributed by atoms with Gasteiger partial charge in [-0.25, -0.2) is 0 Å². The lowest BCUT2D eigenvalue weighted by atomic mass is 9.91. The normalized spacial score (nSPS) is 21.9. The Balaban J connectivity index is 2.15. The van der Waals surface area contributed by atoms with Crippen LogP contribution in [0.25, 0.3) is 0 Å². The van der Waals surface area contributed by atoms with Crippen molar-refractivity contribution in [1.29, 1.82) is 5.26 Å². The van der Waals surface area contributed by atoms with E-state index in [1.165, 1.54) is 0 Å². The molecule has 1 aromatic carbocycles. The van der Waals surface area contributed by atoms with Crippen LogP contribution < -0.4 is 0 Å². The summed E-state index contributed by atoms with van der Waals surface area (Å²) in [6.07, 6.45) is 0. The number of likely N-dealkylation sites (N-methyl/N-ethyl adjacent to an activating group) is 1. The molecule has 1 amide bonds. The molecule has 21 heavy (non-hydrogen) atoms. The molecule has 2 atom stereocenters. The second kappa shape index (κ2) is 6.28. The van der Waals surface area contributed by atoms with E-state index in [2.05, 4.69) is 38.9 Å². The van der Waals surface area contributed by atoms with E-state index in [1.807, 2.05) is 4.90 Å². The molecule has 1 aliphatic heterocycles. The second-order valence-electron chi connectivity index (χ2n) is 6.34. The van der Waals surface area contributed by atoms with Gasteiger partial charge in [-0.15, -0.1) is 0 Å². The molecule has 1 fully saturated rings. The highest BCUT2D eigenvalue weighted by molar-refractivity contribution is 5.94. The van der Waals surface area contributed by atoms with Crippen LogP contribution in [0.3, 0.4) is 0 Å². The predicted molar refractivity (Wildman–Crippen MR) is 82.9 cm³/mol. The Bertz CT molecular complexity index is 526. The number of nitrogens with zero attached hydrogens (tertiary/aromatic N) is 3. The molecule has 0 aliphatic carbocycles. The summed E-state index contributed by atoms with van der Waals surface area (Å²) in [6, 6.07) is 9.38. The maximum absolute atomic E-state index is 12.6. The number of carbonyl (C=O) groups is 1. The maximum Gasteiger partial charge on any atom is 0.253 e. The number of hydrogen-bond acceptors (Lipinski definition) is 3. The van der Waals surface area contributed by atoms with Crippen LogP contribution >= 0.6 is 0 Å². The lowest BCUT2D eigenvalue weighted by Crippen LogP contribution is -2.37. The summed E-state index contributed by atoms with van der Waals surface area (Å²) in [6.45, 7) is 6.02. The van der Waals surface area contributed by atoms with E-state index in [-0.39, 0.29) is 5.91 Å². The summed E-state index contributed by atoms with van der Waals surface area (Å²) in [4.78, 5) is 16.8. The molecule has 112 valence electrons. The minimum atomic E-state index is 0.0643. The van der Waals surface area contributed by atoms with Crippen molar-refractivity contribution < 1.29 is 4.79 Å². The Labute approximate surface area is 127 Å². The van der Waals surface area contributed by atoms with Gasteiger partial charge in [-0.1, -0.05) is 13.8 Å². The van der Waals surface area contributed by atoms with Gasteiger partial charge in [0.15, 0.2) is 0 Å². The van der Waals surface area contributed by atoms with Crippen LogP contribution in [0.1, 0.15) is 29.8 Å². The van der Waals surface area contributed by atoms with E-state index in [4.69, 9.17) is 5.26 Å². The number of hydrogen-bond donors (Lipinski definition) is 0. The third-order valence-corrected chi connectivity index (χ3v) is 4.40. The highest BCUT2D eigenvalue weighted by atomic mass is 16.2. The first-order valence-electron chi connectivity index (χ1n) is 7.40. The van der Waals surface area contributed by atoms with Gasteiger partial charge in [-0.05, 0) is 50.2 Å². The first-order valence-corrected chi connectivity index (χ1v) is 7.40. The molecular weight excluding hydrogens is 262 g/mol. The molecule has 0 unspecified atom stereocenters. The van der Waals surface area contributed by atoms with E-state index in [1.54, 1.807) is 24.3 Å². The molecular formula is C17H23N3O. The van der Waals surface area contributed by atoms with Gasteiger partial charge in [0.1, 0.15) is 0 Å². The molecule has 4 nitrogen and oxygen atoms in total. The zero-order valence-electron chi connectivity index (χ0n) is 13.2. The van der Waals surface area contributed by atoms with Gasteiger partial charge in [-0.2, -0.15) is 5.26 Å². The molecule has 1 aromatic rings. The van der Waals surface area contributed by atoms with Crippen molar-refractivity contribution in [2.24, 2.45) is 11.8 Å². The predicted octanol–water partition coefficient (Wildman–Crippen LogP) is 2.22. The number of benzene rings is 1. The standard InChI is InChI=1S/C17H23N3O/c1-12(2)15-10-20(11-16(15)19(3)4)17(21)14-7-5-13(9-18)6-8-14/h5-8,12,15-16H,10-11H2,1-4H3/t15-,16+/m0/s1. The molecule has 0 N–H and O–H groups in total. The van der Waals surface area contributed by atoms with Gasteiger partial charge in [-0.3, -0.25) is 4.79 Å². The molecule has 0 aromatic heterocycles. The Morgan fingerprint density at radius 3 is 2.33 bits per heavy atom. The fraction of sp³-hybridized carbons (Fsp3) is 0.529. The van der Waals surface area contributed by atoms with Gasteiger partial charge in [0.05, 0.1) is 11.6 Å². The summed E-state index contributed by atoms with van der Waals surface area (Å²) < 4.78 is 0. The second-order valence-corrected chi connectivity index (χ2v) is 6.34. The van der Waals surface area contributed by atoms with Crippen molar-refractivity contribution in [1.82, 2.24) is 9.80 Å². The van der Waals surface area contributed by atoms with E-state index >= 15 is 0 Å². The van der Waals surface area contributed by atoms with Crippen LogP contribution in [0.4, 0.5) is 0 Å². The molecule has 0 radical (unpaired) electrons. The molecule has 4 heteroatoms. The summed E-state index contributed by atoms with van der Waals surface area (Å²) >= 11 is 0. The lowest BCUT2D eigenvalue weighted by Gasteiger charge is -2.27. The number of likely N-dealkylation sites (tertiary alicyclic amines) is 1. The number of nitriles is 1. The van der Waals surface area contributed by atoms with Crippen molar-refractivity contribution in [2.75, 3.05) is 27.2 Å². The molecule has 1 aliphatic rings. The average molecular weight is 285 g/mol. The monoisotopic (exact) mass is 285 g/mol. The average Bonchev–Trinajstić information content (AvgIpc) is 2.92. The Morgan fingerprint density at radius 1 is 1.29 bits per heavy atom. The summed E-state index contributed by atoms with van der Waals surface area (Å²) in [5, 5.41) is 8.82. The van der Waals surface area contributed by atoms with Crippen molar-refractivity contribution in [3.8, 4) is 6.07 Å². The number of amides is 1. The van der Waals surface area contributed by atoms with Crippen molar-refractivity contribution in [3.05, 3.63) is 35.4 Å². The van der Waals surface area contributed by atoms with Gasteiger partial charge in [0.25, 0.3) is 5.91 Å². The van der Waals surface area contributed by atoms with Crippen LogP contribution in [-0.2, 0) is 0 Å². The van der Waals surface area contributed by atoms with E-state index in [0.717, 1.165) is 13.1 Å². The quantitative estimate of drug-likeness (QED) is 0.855. The van der Waals surface area contributed by atoms with Crippen molar-refractivity contribution in [3.63, 3.8) is 0 Å². The fourth-order valence-electron chi connectivity index (χ4n) is 3.05. The lowest BCUT2D eigenvalue weighted by molar-refractivity contribution is 0.0780. The minimum absolute atomic E-state index is 0.0643. The van der Waals surface area contributed by atoms with Crippen LogP contribution in [0, 0.1) is 23.2 Å². The summed E-state index contributed by atoms with van der Waals surface area (Å²) in [7, 11) is 4.16. The summed E-state index contributed by atoms with van der Waals surface area (Å²) in [5.41, 5.74) is 1.25. The van der Waals surface area contributed by atoms with E-state index in [0.29, 0.717) is 29.0 Å². The van der Waals surface area contributed by atoms with Crippen LogP contribution in [-0.4, -0.2) is 48.9 Å². The summed E-state index contributed by atoms with van der Waals surface area (Å²) in [5.74, 6) is 1.12. The fourth-order valence-corrected chi connectivity index (χ4v) is 3.05. The molecule has 1 heterocycles. The maximum atomic E-state index is 12.6. The molecule has 0 saturated carbocycles. The van der Waals surface area contributed by atoms with Crippen molar-refractivity contribution >= 4 is 5.91 Å². The Morgan fingerprint density at radius 2 is 1.90 bits per heavy atom. The zero-order chi connectivity index (χ0) is 15.6. The highest BCUT2D eigenvalue weighted by Gasteiger charge is 2.38. The zero-order valence-corrected chi connectivity index (χ0v) is 13.2. The van der Waals surface area contributed by atoms with Gasteiger partial charge in [0.2, 0.25) is 0 Å². The van der Waals surface area contributed by atoms with Gasteiger partial charge >= 0.3 is 0 Å². The van der Waals surface area contributed by atoms with Crippen LogP contribution in [0.5, 0.6) is 0 Å². The van der Waals surface area contributed by atoms with Crippen LogP contribution in [0.15, 0.2) is 24.3 Å². The number of carbonyl (C=O) groups excluding carboxylic acids is 1. The number of rotatable bonds is 3. The van der Waals surface area contributed by atoms with Gasteiger partial charge in [0, 0.05) is 24.7 Å². The van der Waals surface area contributed by atoms with E-state index < -0.39 is 0 Å². The van der Waals surface area contributed by atoms with Gasteiger partial charge < -0.3 is 9.80 Å². The Kier molecular flexibility index (Phi) is 4.64. The van der Waals surface area contributed by atoms with Crippen LogP contribution in [0.2, 0.25) is 0 Å². The SMILES string of the molecule is CC(C)[C@@H]1CN(C(=O)c2ccc(C#N)cc2)C[C@H]1N(C)C. The first kappa shape index (κ1) is 15.5. The smallest absolute Gasteiger partial charge is 0.253 e. The largest absolute Gasteiger partial charge is 0.337 e. The molecule has 0 spiro atoms. The molecule has 2 rings (SSSR count). The first-order chi connectivity index (χ1) is 9.93. The van der Waals surface area contributed by atoms with Crippen molar-refractivity contribution in [2.45, 2.75) is 19.9 Å². The topological polar surface area (TPSA) is 47.3 Å². The Hall–Kier alpha value is -1.86. The third-order valence-electron chi connectivity index (χ3n) is 4.40. The third kappa shape index (κ3) is 3.25. The minimum Gasteiger partial charge on any atom is -0.337 e. The molecule has 1 saturated heterocycles.